The number of carbonyl (C=O) groups excluding carboxylic acids is 1. The fourth-order valence-electron chi connectivity index (χ4n) is 1.83. The molecule has 1 unspecified atom stereocenters. The minimum Gasteiger partial charge on any atom is -0.294 e. The van der Waals surface area contributed by atoms with Crippen LogP contribution in [0.25, 0.3) is 0 Å². The third kappa shape index (κ3) is 4.33. The summed E-state index contributed by atoms with van der Waals surface area (Å²) in [6, 6.07) is 0. The molecule has 0 aromatic heterocycles. The fraction of sp³-hybridized carbons (Fsp3) is 0.900. The van der Waals surface area contributed by atoms with Crippen molar-refractivity contribution >= 4 is 17.7 Å². The summed E-state index contributed by atoms with van der Waals surface area (Å²) in [5.74, 6) is 4.96. The van der Waals surface area contributed by atoms with Crippen molar-refractivity contribution in [1.29, 1.82) is 0 Å². The van der Waals surface area contributed by atoms with Gasteiger partial charge in [0.15, 0.2) is 0 Å². The molecule has 0 heterocycles. The molecule has 1 atom stereocenters. The van der Waals surface area contributed by atoms with Gasteiger partial charge in [-0.25, -0.2) is 5.84 Å². The second kappa shape index (κ2) is 6.30. The van der Waals surface area contributed by atoms with E-state index in [1.54, 1.807) is 0 Å². The summed E-state index contributed by atoms with van der Waals surface area (Å²) in [7, 11) is 0. The zero-order valence-corrected chi connectivity index (χ0v) is 9.61. The number of thioether (sulfide) groups is 1. The van der Waals surface area contributed by atoms with Crippen LogP contribution in [0.15, 0.2) is 0 Å². The molecule has 0 aliphatic heterocycles. The standard InChI is InChI=1S/C10H20N2OS/c1-8(6-7-10(13)12-11)14-9-4-2-3-5-9/h8-9H,2-7,11H2,1H3,(H,12,13). The molecule has 3 N–H and O–H groups in total. The lowest BCUT2D eigenvalue weighted by atomic mass is 10.2. The van der Waals surface area contributed by atoms with Crippen LogP contribution in [0.5, 0.6) is 0 Å². The van der Waals surface area contributed by atoms with E-state index >= 15 is 0 Å². The first kappa shape index (κ1) is 11.9. The second-order valence-corrected chi connectivity index (χ2v) is 5.70. The highest BCUT2D eigenvalue weighted by atomic mass is 32.2. The van der Waals surface area contributed by atoms with E-state index < -0.39 is 0 Å². The molecule has 1 aliphatic rings. The molecular weight excluding hydrogens is 196 g/mol. The lowest BCUT2D eigenvalue weighted by molar-refractivity contribution is -0.121. The highest BCUT2D eigenvalue weighted by molar-refractivity contribution is 8.00. The first-order valence-electron chi connectivity index (χ1n) is 5.37. The van der Waals surface area contributed by atoms with Gasteiger partial charge in [-0.05, 0) is 19.3 Å². The Labute approximate surface area is 90.2 Å². The van der Waals surface area contributed by atoms with Crippen molar-refractivity contribution in [2.75, 3.05) is 0 Å². The monoisotopic (exact) mass is 216 g/mol. The van der Waals surface area contributed by atoms with Crippen molar-refractivity contribution in [3.63, 3.8) is 0 Å². The van der Waals surface area contributed by atoms with Gasteiger partial charge in [-0.3, -0.25) is 10.2 Å². The maximum Gasteiger partial charge on any atom is 0.233 e. The highest BCUT2D eigenvalue weighted by Gasteiger charge is 2.18. The molecule has 82 valence electrons. The summed E-state index contributed by atoms with van der Waals surface area (Å²) in [5, 5.41) is 1.42. The summed E-state index contributed by atoms with van der Waals surface area (Å²) in [6.45, 7) is 2.20. The smallest absolute Gasteiger partial charge is 0.233 e. The first-order chi connectivity index (χ1) is 6.72. The molecule has 0 radical (unpaired) electrons. The Morgan fingerprint density at radius 1 is 1.57 bits per heavy atom. The highest BCUT2D eigenvalue weighted by Crippen LogP contribution is 2.33. The van der Waals surface area contributed by atoms with Gasteiger partial charge in [0.1, 0.15) is 0 Å². The molecular formula is C10H20N2OS. The van der Waals surface area contributed by atoms with Crippen LogP contribution in [0.2, 0.25) is 0 Å². The molecule has 0 bridgehead atoms. The Balaban J connectivity index is 2.08. The van der Waals surface area contributed by atoms with Crippen molar-refractivity contribution in [2.24, 2.45) is 5.84 Å². The number of nitrogens with two attached hydrogens (primary N) is 1. The maximum atomic E-state index is 10.9. The summed E-state index contributed by atoms with van der Waals surface area (Å²) in [6.07, 6.45) is 6.97. The van der Waals surface area contributed by atoms with Crippen molar-refractivity contribution in [1.82, 2.24) is 5.43 Å². The average Bonchev–Trinajstić information content (AvgIpc) is 2.66. The quantitative estimate of drug-likeness (QED) is 0.419. The lowest BCUT2D eigenvalue weighted by Gasteiger charge is -2.15. The normalized spacial score (nSPS) is 19.6. The predicted molar refractivity (Wildman–Crippen MR) is 60.9 cm³/mol. The van der Waals surface area contributed by atoms with Gasteiger partial charge in [-0.15, -0.1) is 0 Å². The molecule has 1 aliphatic carbocycles. The predicted octanol–water partition coefficient (Wildman–Crippen LogP) is 1.82. The minimum atomic E-state index is -0.0520. The average molecular weight is 216 g/mol. The van der Waals surface area contributed by atoms with Crippen LogP contribution in [0.4, 0.5) is 0 Å². The molecule has 3 nitrogen and oxygen atoms in total. The molecule has 0 saturated heterocycles. The number of rotatable bonds is 5. The van der Waals surface area contributed by atoms with Crippen LogP contribution < -0.4 is 11.3 Å². The topological polar surface area (TPSA) is 55.1 Å². The van der Waals surface area contributed by atoms with Gasteiger partial charge >= 0.3 is 0 Å². The van der Waals surface area contributed by atoms with Gasteiger partial charge in [-0.2, -0.15) is 11.8 Å². The zero-order valence-electron chi connectivity index (χ0n) is 8.79. The maximum absolute atomic E-state index is 10.9. The van der Waals surface area contributed by atoms with Crippen LogP contribution in [0.3, 0.4) is 0 Å². The molecule has 0 aromatic carbocycles. The number of hydrazine groups is 1. The number of hydrogen-bond acceptors (Lipinski definition) is 3. The SMILES string of the molecule is CC(CCC(=O)NN)SC1CCCC1. The largest absolute Gasteiger partial charge is 0.294 e. The van der Waals surface area contributed by atoms with E-state index in [9.17, 15) is 4.79 Å². The zero-order chi connectivity index (χ0) is 10.4. The number of amides is 1. The molecule has 1 saturated carbocycles. The molecule has 1 amide bonds. The van der Waals surface area contributed by atoms with E-state index in [2.05, 4.69) is 12.3 Å². The van der Waals surface area contributed by atoms with E-state index in [0.717, 1.165) is 11.7 Å². The van der Waals surface area contributed by atoms with Crippen molar-refractivity contribution < 1.29 is 4.79 Å². The summed E-state index contributed by atoms with van der Waals surface area (Å²) in [4.78, 5) is 10.9. The van der Waals surface area contributed by atoms with Crippen LogP contribution in [0, 0.1) is 0 Å². The Hall–Kier alpha value is -0.220. The lowest BCUT2D eigenvalue weighted by Crippen LogP contribution is -2.30. The number of carbonyl (C=O) groups is 1. The molecule has 0 aromatic rings. The Morgan fingerprint density at radius 2 is 2.21 bits per heavy atom. The van der Waals surface area contributed by atoms with Crippen molar-refractivity contribution in [3.8, 4) is 0 Å². The molecule has 1 rings (SSSR count). The fourth-order valence-corrected chi connectivity index (χ4v) is 3.34. The van der Waals surface area contributed by atoms with Gasteiger partial charge < -0.3 is 0 Å². The van der Waals surface area contributed by atoms with Crippen LogP contribution in [-0.2, 0) is 4.79 Å². The second-order valence-electron chi connectivity index (χ2n) is 3.96. The van der Waals surface area contributed by atoms with E-state index in [-0.39, 0.29) is 5.91 Å². The molecule has 1 fully saturated rings. The van der Waals surface area contributed by atoms with E-state index in [4.69, 9.17) is 5.84 Å². The Kier molecular flexibility index (Phi) is 5.33. The van der Waals surface area contributed by atoms with Gasteiger partial charge in [0.25, 0.3) is 0 Å². The number of nitrogens with one attached hydrogen (secondary N) is 1. The van der Waals surface area contributed by atoms with Crippen molar-refractivity contribution in [3.05, 3.63) is 0 Å². The number of hydrogen-bond donors (Lipinski definition) is 2. The van der Waals surface area contributed by atoms with Crippen LogP contribution in [-0.4, -0.2) is 16.4 Å². The molecule has 14 heavy (non-hydrogen) atoms. The van der Waals surface area contributed by atoms with Gasteiger partial charge in [0.2, 0.25) is 5.91 Å². The third-order valence-corrected chi connectivity index (χ3v) is 4.22. The van der Waals surface area contributed by atoms with Crippen LogP contribution >= 0.6 is 11.8 Å². The van der Waals surface area contributed by atoms with E-state index in [0.29, 0.717) is 11.7 Å². The minimum absolute atomic E-state index is 0.0520. The van der Waals surface area contributed by atoms with Crippen molar-refractivity contribution in [2.45, 2.75) is 55.9 Å². The summed E-state index contributed by atoms with van der Waals surface area (Å²) >= 11 is 2.04. The van der Waals surface area contributed by atoms with Gasteiger partial charge in [0, 0.05) is 16.9 Å². The van der Waals surface area contributed by atoms with Gasteiger partial charge in [0.05, 0.1) is 0 Å². The van der Waals surface area contributed by atoms with E-state index in [1.165, 1.54) is 25.7 Å². The molecule has 0 spiro atoms. The van der Waals surface area contributed by atoms with E-state index in [1.807, 2.05) is 11.8 Å². The molecule has 4 heteroatoms. The first-order valence-corrected chi connectivity index (χ1v) is 6.31. The Bertz CT molecular complexity index is 181. The van der Waals surface area contributed by atoms with Gasteiger partial charge in [-0.1, -0.05) is 19.8 Å². The summed E-state index contributed by atoms with van der Waals surface area (Å²) < 4.78 is 0. The third-order valence-electron chi connectivity index (χ3n) is 2.67. The Morgan fingerprint density at radius 3 is 2.79 bits per heavy atom. The summed E-state index contributed by atoms with van der Waals surface area (Å²) in [5.41, 5.74) is 2.17. The van der Waals surface area contributed by atoms with Crippen LogP contribution in [0.1, 0.15) is 45.4 Å².